The second-order valence-electron chi connectivity index (χ2n) is 14.7. The fourth-order valence-electron chi connectivity index (χ4n) is 5.96. The summed E-state index contributed by atoms with van der Waals surface area (Å²) in [5.74, 6) is -1.52. The van der Waals surface area contributed by atoms with Gasteiger partial charge in [-0.05, 0) is 96.6 Å². The van der Waals surface area contributed by atoms with Gasteiger partial charge in [0.25, 0.3) is 0 Å². The number of carbonyl (C=O) groups excluding carboxylic acids is 6. The molecule has 7 aromatic rings. The first-order valence-corrected chi connectivity index (χ1v) is 21.4. The number of aryl methyl sites for hydroxylation is 6. The molecular weight excluding hydrogens is 1210 g/mol. The van der Waals surface area contributed by atoms with Gasteiger partial charge in [0.15, 0.2) is 23.1 Å². The van der Waals surface area contributed by atoms with E-state index in [2.05, 4.69) is 93.8 Å². The summed E-state index contributed by atoms with van der Waals surface area (Å²) in [4.78, 5) is 74.7. The zero-order chi connectivity index (χ0) is 48.1. The molecule has 0 bridgehead atoms. The molecule has 2 radical (unpaired) electrons. The van der Waals surface area contributed by atoms with E-state index >= 15 is 0 Å². The summed E-state index contributed by atoms with van der Waals surface area (Å²) in [6.45, 7) is 7.77. The molecule has 68 heavy (non-hydrogen) atoms. The van der Waals surface area contributed by atoms with E-state index in [1.807, 2.05) is 73.2 Å². The Hall–Kier alpha value is -6.42. The van der Waals surface area contributed by atoms with Crippen LogP contribution < -0.4 is 0 Å². The molecule has 0 aliphatic carbocycles. The molecule has 0 unspecified atom stereocenters. The number of pyridine rings is 4. The average Bonchev–Trinajstić information content (AvgIpc) is 3.34. The third-order valence-corrected chi connectivity index (χ3v) is 9.60. The molecule has 12 heteroatoms. The van der Waals surface area contributed by atoms with Crippen LogP contribution in [-0.2, 0) is 108 Å². The van der Waals surface area contributed by atoms with Gasteiger partial charge in [0.05, 0.1) is 11.4 Å². The molecule has 0 N–H and O–H groups in total. The van der Waals surface area contributed by atoms with E-state index in [1.165, 1.54) is 81.2 Å². The van der Waals surface area contributed by atoms with Crippen molar-refractivity contribution in [2.45, 2.75) is 80.1 Å². The van der Waals surface area contributed by atoms with Crippen molar-refractivity contribution in [2.75, 3.05) is 0 Å². The molecule has 0 fully saturated rings. The van der Waals surface area contributed by atoms with Gasteiger partial charge >= 0.3 is 0 Å². The molecule has 7 rings (SSSR count). The smallest absolute Gasteiger partial charge is 0.195 e. The third-order valence-electron chi connectivity index (χ3n) is 9.60. The van der Waals surface area contributed by atoms with Crippen LogP contribution in [-0.4, -0.2) is 55.6 Å². The maximum atomic E-state index is 9.79. The second-order valence-corrected chi connectivity index (χ2v) is 14.7. The summed E-state index contributed by atoms with van der Waals surface area (Å²) in [5.41, 5.74) is 13.7. The van der Waals surface area contributed by atoms with Crippen LogP contribution in [0.25, 0.3) is 33.9 Å². The van der Waals surface area contributed by atoms with Crippen LogP contribution >= 0.6 is 0 Å². The van der Waals surface area contributed by atoms with Gasteiger partial charge in [-0.1, -0.05) is 67.4 Å². The first-order chi connectivity index (χ1) is 31.9. The molecule has 0 aliphatic heterocycles. The molecule has 0 saturated heterocycles. The van der Waals surface area contributed by atoms with Crippen molar-refractivity contribution in [3.8, 4) is 33.9 Å². The SMILES string of the molecule is CC(=O)C(C)=O.CC(=O)C(C)=O.CC=O.C[C-]=O.[Ir].[Ir].[c-]1cc(CCc2cc(CCc3c[c-]c(-c4ccccn4)cc3)cc(CCc3ccc(-c4ccccn4)nc3)c2)ccc1-c1ccccn1. The van der Waals surface area contributed by atoms with Crippen LogP contribution in [0.15, 0.2) is 146 Å². The predicted octanol–water partition coefficient (Wildman–Crippen LogP) is 9.87. The van der Waals surface area contributed by atoms with Crippen LogP contribution in [0, 0.1) is 12.1 Å². The molecule has 0 atom stereocenters. The zero-order valence-corrected chi connectivity index (χ0v) is 43.9. The number of benzene rings is 3. The van der Waals surface area contributed by atoms with E-state index in [0.717, 1.165) is 78.7 Å². The maximum Gasteiger partial charge on any atom is 0.195 e. The summed E-state index contributed by atoms with van der Waals surface area (Å²) in [5, 5.41) is 0. The van der Waals surface area contributed by atoms with E-state index in [9.17, 15) is 19.2 Å². The van der Waals surface area contributed by atoms with Gasteiger partial charge in [-0.3, -0.25) is 35.4 Å². The summed E-state index contributed by atoms with van der Waals surface area (Å²) >= 11 is 0. The van der Waals surface area contributed by atoms with Gasteiger partial charge in [-0.2, -0.15) is 6.92 Å². The van der Waals surface area contributed by atoms with Gasteiger partial charge in [0.2, 0.25) is 0 Å². The Morgan fingerprint density at radius 2 is 0.779 bits per heavy atom. The van der Waals surface area contributed by atoms with Crippen molar-refractivity contribution in [3.63, 3.8) is 0 Å². The fraction of sp³-hybridized carbons (Fsp3) is 0.214. The third kappa shape index (κ3) is 22.9. The fourth-order valence-corrected chi connectivity index (χ4v) is 5.96. The monoisotopic (exact) mass is 1270 g/mol. The Morgan fingerprint density at radius 1 is 0.471 bits per heavy atom. The molecule has 0 amide bonds. The number of aldehydes is 1. The van der Waals surface area contributed by atoms with Crippen molar-refractivity contribution in [1.82, 2.24) is 19.9 Å². The van der Waals surface area contributed by atoms with E-state index < -0.39 is 0 Å². The first kappa shape index (κ1) is 59.6. The van der Waals surface area contributed by atoms with E-state index in [0.29, 0.717) is 0 Å². The summed E-state index contributed by atoms with van der Waals surface area (Å²) in [6.07, 6.45) is 15.5. The summed E-state index contributed by atoms with van der Waals surface area (Å²) < 4.78 is 0. The van der Waals surface area contributed by atoms with Crippen molar-refractivity contribution >= 4 is 35.7 Å². The molecule has 10 nitrogen and oxygen atoms in total. The van der Waals surface area contributed by atoms with Gasteiger partial charge in [-0.25, -0.2) is 0 Å². The molecular formula is C56H55Ir2N4O6-3. The molecule has 0 spiro atoms. The number of hydrogen-bond acceptors (Lipinski definition) is 10. The molecule has 356 valence electrons. The number of aromatic nitrogens is 4. The van der Waals surface area contributed by atoms with Crippen LogP contribution in [0.4, 0.5) is 0 Å². The van der Waals surface area contributed by atoms with Crippen LogP contribution in [0.5, 0.6) is 0 Å². The topological polar surface area (TPSA) is 154 Å². The van der Waals surface area contributed by atoms with Crippen LogP contribution in [0.3, 0.4) is 0 Å². The standard InChI is InChI=1S/C44H36N4.2C4H6O2.C2H4O.C2H3O.2Ir/c1-4-26-45-41(7-1)39-21-16-33(17-22-39)10-13-36-29-37(14-11-34-18-23-40(24-19-34)42-8-2-5-27-46-42)31-38(30-36)15-12-35-20-25-44(48-32-35)43-9-3-6-28-47-43;2*1-3(5)4(2)6;2*1-2-3;;/h1-9,16-21,23,25-32H,10-15H2;2*1-2H3;2H,1H3;1H3;;/q-2;;;;-1;;. The predicted molar refractivity (Wildman–Crippen MR) is 259 cm³/mol. The number of carbonyl (C=O) groups is 5. The van der Waals surface area contributed by atoms with Crippen molar-refractivity contribution < 1.29 is 69.0 Å². The van der Waals surface area contributed by atoms with Gasteiger partial charge in [0.1, 0.15) is 6.29 Å². The van der Waals surface area contributed by atoms with E-state index in [1.54, 1.807) is 6.20 Å². The second kappa shape index (κ2) is 34.0. The van der Waals surface area contributed by atoms with Crippen LogP contribution in [0.1, 0.15) is 74.9 Å². The van der Waals surface area contributed by atoms with Gasteiger partial charge in [0, 0.05) is 92.7 Å². The number of rotatable bonds is 14. The van der Waals surface area contributed by atoms with Crippen LogP contribution in [0.2, 0.25) is 0 Å². The quantitative estimate of drug-likeness (QED) is 0.0584. The van der Waals surface area contributed by atoms with Gasteiger partial charge < -0.3 is 19.6 Å². The number of hydrogen-bond donors (Lipinski definition) is 0. The Morgan fingerprint density at radius 3 is 1.06 bits per heavy atom. The van der Waals surface area contributed by atoms with E-state index in [-0.39, 0.29) is 63.3 Å². The molecule has 0 aliphatic rings. The largest absolute Gasteiger partial charge is 0.542 e. The minimum atomic E-state index is -0.380. The Balaban J connectivity index is 0.000000994. The zero-order valence-electron chi connectivity index (χ0n) is 39.1. The normalized spacial score (nSPS) is 9.50. The minimum Gasteiger partial charge on any atom is -0.542 e. The molecule has 4 heterocycles. The molecule has 0 saturated carbocycles. The Kier molecular flexibility index (Phi) is 29.8. The number of nitrogens with zero attached hydrogens (tertiary/aromatic N) is 4. The minimum absolute atomic E-state index is 0. The maximum absolute atomic E-state index is 9.79. The van der Waals surface area contributed by atoms with E-state index in [4.69, 9.17) is 14.6 Å². The summed E-state index contributed by atoms with van der Waals surface area (Å²) in [6, 6.07) is 49.1. The number of Topliss-reactive ketones (excluding diaryl/α,β-unsaturated/α-hetero) is 4. The number of ketones is 4. The molecule has 4 aromatic heterocycles. The Bertz CT molecular complexity index is 2270. The van der Waals surface area contributed by atoms with Crippen molar-refractivity contribution in [2.24, 2.45) is 0 Å². The molecule has 3 aromatic carbocycles. The summed E-state index contributed by atoms with van der Waals surface area (Å²) in [7, 11) is 0. The Labute approximate surface area is 427 Å². The van der Waals surface area contributed by atoms with Gasteiger partial charge in [-0.15, -0.1) is 70.8 Å². The van der Waals surface area contributed by atoms with Crippen molar-refractivity contribution in [1.29, 1.82) is 0 Å². The van der Waals surface area contributed by atoms with Crippen molar-refractivity contribution in [3.05, 3.63) is 192 Å². The first-order valence-electron chi connectivity index (χ1n) is 21.4. The average molecular weight is 1260 g/mol.